The molecule has 19 heavy (non-hydrogen) atoms. The molecule has 0 saturated heterocycles. The molecule has 1 aromatic rings. The first-order valence-corrected chi connectivity index (χ1v) is 6.36. The summed E-state index contributed by atoms with van der Waals surface area (Å²) in [5.74, 6) is -0.208. The van der Waals surface area contributed by atoms with Gasteiger partial charge in [0.2, 0.25) is 5.91 Å². The van der Waals surface area contributed by atoms with E-state index in [9.17, 15) is 9.18 Å². The molecule has 2 unspecified atom stereocenters. The largest absolute Gasteiger partial charge is 0.354 e. The molecular formula is C14H20ClFN2O. The maximum Gasteiger partial charge on any atom is 0.227 e. The Balaban J connectivity index is 0.00000180. The SMILES string of the molecule is CC(C(=O)NCC(N)C1CC1)c1cccc(F)c1.Cl. The van der Waals surface area contributed by atoms with Gasteiger partial charge in [-0.2, -0.15) is 0 Å². The second-order valence-corrected chi connectivity index (χ2v) is 5.02. The Labute approximate surface area is 119 Å². The van der Waals surface area contributed by atoms with Gasteiger partial charge in [0.15, 0.2) is 0 Å². The van der Waals surface area contributed by atoms with Crippen molar-refractivity contribution in [2.24, 2.45) is 11.7 Å². The first-order chi connectivity index (χ1) is 8.58. The summed E-state index contributed by atoms with van der Waals surface area (Å²) in [4.78, 5) is 11.9. The molecule has 2 rings (SSSR count). The Bertz CT molecular complexity index is 437. The third kappa shape index (κ3) is 4.48. The molecule has 1 saturated carbocycles. The molecule has 0 bridgehead atoms. The van der Waals surface area contributed by atoms with Crippen molar-refractivity contribution in [1.29, 1.82) is 0 Å². The van der Waals surface area contributed by atoms with E-state index in [-0.39, 0.29) is 36.1 Å². The lowest BCUT2D eigenvalue weighted by Gasteiger charge is -2.15. The summed E-state index contributed by atoms with van der Waals surface area (Å²) >= 11 is 0. The van der Waals surface area contributed by atoms with Gasteiger partial charge in [0.25, 0.3) is 0 Å². The molecule has 1 aromatic carbocycles. The maximum absolute atomic E-state index is 13.1. The van der Waals surface area contributed by atoms with E-state index < -0.39 is 0 Å². The summed E-state index contributed by atoms with van der Waals surface area (Å²) in [6, 6.07) is 6.19. The highest BCUT2D eigenvalue weighted by Gasteiger charge is 2.28. The zero-order valence-electron chi connectivity index (χ0n) is 10.9. The molecule has 0 spiro atoms. The molecule has 0 aliphatic heterocycles. The van der Waals surface area contributed by atoms with Crippen LogP contribution in [-0.4, -0.2) is 18.5 Å². The Kier molecular flexibility index (Phi) is 5.76. The molecule has 106 valence electrons. The fraction of sp³-hybridized carbons (Fsp3) is 0.500. The molecule has 0 aromatic heterocycles. The third-order valence-corrected chi connectivity index (χ3v) is 3.48. The predicted octanol–water partition coefficient (Wildman–Crippen LogP) is 2.20. The highest BCUT2D eigenvalue weighted by atomic mass is 35.5. The number of amides is 1. The zero-order valence-corrected chi connectivity index (χ0v) is 11.8. The molecule has 5 heteroatoms. The molecule has 2 atom stereocenters. The Hall–Kier alpha value is -1.13. The smallest absolute Gasteiger partial charge is 0.227 e. The fourth-order valence-corrected chi connectivity index (χ4v) is 1.99. The number of hydrogen-bond donors (Lipinski definition) is 2. The summed E-state index contributed by atoms with van der Waals surface area (Å²) < 4.78 is 13.1. The van der Waals surface area contributed by atoms with E-state index in [1.807, 2.05) is 0 Å². The molecule has 0 heterocycles. The molecule has 1 fully saturated rings. The predicted molar refractivity (Wildman–Crippen MR) is 75.8 cm³/mol. The topological polar surface area (TPSA) is 55.1 Å². The summed E-state index contributed by atoms with van der Waals surface area (Å²) in [5, 5.41) is 2.84. The van der Waals surface area contributed by atoms with E-state index in [2.05, 4.69) is 5.32 Å². The number of nitrogens with two attached hydrogens (primary N) is 1. The van der Waals surface area contributed by atoms with Crippen LogP contribution in [0, 0.1) is 11.7 Å². The summed E-state index contributed by atoms with van der Waals surface area (Å²) in [6.07, 6.45) is 2.33. The van der Waals surface area contributed by atoms with Gasteiger partial charge in [-0.1, -0.05) is 12.1 Å². The van der Waals surface area contributed by atoms with Gasteiger partial charge in [-0.3, -0.25) is 4.79 Å². The Morgan fingerprint density at radius 2 is 2.21 bits per heavy atom. The van der Waals surface area contributed by atoms with Crippen LogP contribution in [0.25, 0.3) is 0 Å². The molecule has 1 aliphatic rings. The van der Waals surface area contributed by atoms with Crippen LogP contribution in [0.4, 0.5) is 4.39 Å². The van der Waals surface area contributed by atoms with Crippen LogP contribution in [-0.2, 0) is 4.79 Å². The molecule has 3 N–H and O–H groups in total. The standard InChI is InChI=1S/C14H19FN2O.ClH/c1-9(11-3-2-4-12(15)7-11)14(18)17-8-13(16)10-5-6-10;/h2-4,7,9-10,13H,5-6,8,16H2,1H3,(H,17,18);1H. The van der Waals surface area contributed by atoms with Gasteiger partial charge >= 0.3 is 0 Å². The fourth-order valence-electron chi connectivity index (χ4n) is 1.99. The van der Waals surface area contributed by atoms with Crippen LogP contribution in [0.15, 0.2) is 24.3 Å². The summed E-state index contributed by atoms with van der Waals surface area (Å²) in [7, 11) is 0. The lowest BCUT2D eigenvalue weighted by atomic mass is 10.00. The normalized spacial score (nSPS) is 17.2. The van der Waals surface area contributed by atoms with Crippen LogP contribution in [0.5, 0.6) is 0 Å². The first kappa shape index (κ1) is 15.9. The van der Waals surface area contributed by atoms with Crippen LogP contribution < -0.4 is 11.1 Å². The first-order valence-electron chi connectivity index (χ1n) is 6.36. The minimum absolute atomic E-state index is 0. The number of carbonyl (C=O) groups excluding carboxylic acids is 1. The molecule has 1 amide bonds. The number of benzene rings is 1. The number of nitrogens with one attached hydrogen (secondary N) is 1. The van der Waals surface area contributed by atoms with Gasteiger partial charge in [0.1, 0.15) is 5.82 Å². The van der Waals surface area contributed by atoms with Gasteiger partial charge in [-0.15, -0.1) is 12.4 Å². The Morgan fingerprint density at radius 1 is 1.53 bits per heavy atom. The number of rotatable bonds is 5. The van der Waals surface area contributed by atoms with Crippen LogP contribution in [0.2, 0.25) is 0 Å². The van der Waals surface area contributed by atoms with Gasteiger partial charge in [-0.25, -0.2) is 4.39 Å². The molecule has 1 aliphatic carbocycles. The number of hydrogen-bond acceptors (Lipinski definition) is 2. The molecular weight excluding hydrogens is 267 g/mol. The number of carbonyl (C=O) groups is 1. The molecule has 0 radical (unpaired) electrons. The van der Waals surface area contributed by atoms with Crippen LogP contribution >= 0.6 is 12.4 Å². The zero-order chi connectivity index (χ0) is 13.1. The number of halogens is 2. The second kappa shape index (κ2) is 6.87. The average Bonchev–Trinajstić information content (AvgIpc) is 3.18. The minimum Gasteiger partial charge on any atom is -0.354 e. The summed E-state index contributed by atoms with van der Waals surface area (Å²) in [5.41, 5.74) is 6.60. The van der Waals surface area contributed by atoms with Crippen molar-refractivity contribution in [3.63, 3.8) is 0 Å². The lowest BCUT2D eigenvalue weighted by molar-refractivity contribution is -0.122. The van der Waals surface area contributed by atoms with Gasteiger partial charge in [-0.05, 0) is 43.4 Å². The Morgan fingerprint density at radius 3 is 2.79 bits per heavy atom. The van der Waals surface area contributed by atoms with Gasteiger partial charge in [0.05, 0.1) is 5.92 Å². The average molecular weight is 287 g/mol. The van der Waals surface area contributed by atoms with Gasteiger partial charge in [0, 0.05) is 12.6 Å². The second-order valence-electron chi connectivity index (χ2n) is 5.02. The van der Waals surface area contributed by atoms with E-state index >= 15 is 0 Å². The van der Waals surface area contributed by atoms with E-state index in [1.165, 1.54) is 12.1 Å². The van der Waals surface area contributed by atoms with Crippen molar-refractivity contribution < 1.29 is 9.18 Å². The van der Waals surface area contributed by atoms with E-state index in [0.717, 1.165) is 12.8 Å². The maximum atomic E-state index is 13.1. The third-order valence-electron chi connectivity index (χ3n) is 3.48. The van der Waals surface area contributed by atoms with Crippen molar-refractivity contribution in [3.05, 3.63) is 35.6 Å². The van der Waals surface area contributed by atoms with Gasteiger partial charge < -0.3 is 11.1 Å². The van der Waals surface area contributed by atoms with Crippen LogP contribution in [0.3, 0.4) is 0 Å². The molecule has 3 nitrogen and oxygen atoms in total. The van der Waals surface area contributed by atoms with E-state index in [4.69, 9.17) is 5.73 Å². The quantitative estimate of drug-likeness (QED) is 0.872. The van der Waals surface area contributed by atoms with Crippen molar-refractivity contribution in [3.8, 4) is 0 Å². The van der Waals surface area contributed by atoms with Crippen molar-refractivity contribution in [1.82, 2.24) is 5.32 Å². The van der Waals surface area contributed by atoms with Crippen LogP contribution in [0.1, 0.15) is 31.2 Å². The lowest BCUT2D eigenvalue weighted by Crippen LogP contribution is -2.40. The summed E-state index contributed by atoms with van der Waals surface area (Å²) in [6.45, 7) is 2.27. The highest BCUT2D eigenvalue weighted by Crippen LogP contribution is 2.31. The minimum atomic E-state index is -0.355. The van der Waals surface area contributed by atoms with E-state index in [0.29, 0.717) is 18.0 Å². The van der Waals surface area contributed by atoms with Crippen molar-refractivity contribution in [2.45, 2.75) is 31.7 Å². The van der Waals surface area contributed by atoms with Crippen molar-refractivity contribution >= 4 is 18.3 Å². The highest BCUT2D eigenvalue weighted by molar-refractivity contribution is 5.85. The van der Waals surface area contributed by atoms with E-state index in [1.54, 1.807) is 19.1 Å². The van der Waals surface area contributed by atoms with Crippen molar-refractivity contribution in [2.75, 3.05) is 6.54 Å². The monoisotopic (exact) mass is 286 g/mol.